The lowest BCUT2D eigenvalue weighted by Crippen LogP contribution is -2.36. The quantitative estimate of drug-likeness (QED) is 0.343. The highest BCUT2D eigenvalue weighted by molar-refractivity contribution is 6.04. The fraction of sp³-hybridized carbons (Fsp3) is 0.233. The zero-order valence-corrected chi connectivity index (χ0v) is 21.1. The average molecular weight is 494 g/mol. The van der Waals surface area contributed by atoms with Crippen LogP contribution in [0.4, 0.5) is 17.2 Å². The van der Waals surface area contributed by atoms with Gasteiger partial charge in [-0.15, -0.1) is 0 Å². The number of hydrogen-bond acceptors (Lipinski definition) is 6. The number of aromatic nitrogens is 2. The summed E-state index contributed by atoms with van der Waals surface area (Å²) >= 11 is 0. The van der Waals surface area contributed by atoms with Crippen LogP contribution in [0.3, 0.4) is 0 Å². The first kappa shape index (κ1) is 24.5. The number of benzene rings is 3. The molecule has 7 heteroatoms. The summed E-state index contributed by atoms with van der Waals surface area (Å²) in [5, 5.41) is 6.45. The highest BCUT2D eigenvalue weighted by Gasteiger charge is 2.14. The summed E-state index contributed by atoms with van der Waals surface area (Å²) in [6, 6.07) is 23.8. The number of amides is 1. The molecule has 0 radical (unpaired) electrons. The Balaban J connectivity index is 1.28. The van der Waals surface area contributed by atoms with Crippen LogP contribution in [0.2, 0.25) is 0 Å². The zero-order chi connectivity index (χ0) is 25.6. The number of morpholine rings is 1. The van der Waals surface area contributed by atoms with Gasteiger partial charge >= 0.3 is 0 Å². The van der Waals surface area contributed by atoms with E-state index in [1.807, 2.05) is 55.5 Å². The molecule has 7 nitrogen and oxygen atoms in total. The molecule has 1 aliphatic heterocycles. The van der Waals surface area contributed by atoms with Gasteiger partial charge in [0.05, 0.1) is 37.3 Å². The predicted molar refractivity (Wildman–Crippen MR) is 148 cm³/mol. The van der Waals surface area contributed by atoms with E-state index in [1.54, 1.807) is 12.4 Å². The first-order valence-corrected chi connectivity index (χ1v) is 12.5. The number of aryl methyl sites for hydroxylation is 1. The molecule has 0 unspecified atom stereocenters. The van der Waals surface area contributed by atoms with Gasteiger partial charge in [-0.05, 0) is 55.8 Å². The molecule has 1 saturated heterocycles. The van der Waals surface area contributed by atoms with E-state index in [0.29, 0.717) is 11.4 Å². The third-order valence-corrected chi connectivity index (χ3v) is 6.44. The zero-order valence-electron chi connectivity index (χ0n) is 21.1. The molecule has 37 heavy (non-hydrogen) atoms. The number of nitrogens with one attached hydrogen (secondary N) is 2. The van der Waals surface area contributed by atoms with Crippen molar-refractivity contribution in [2.45, 2.75) is 19.9 Å². The molecular weight excluding hydrogens is 462 g/mol. The summed E-state index contributed by atoms with van der Waals surface area (Å²) in [5.74, 6) is 0.565. The summed E-state index contributed by atoms with van der Waals surface area (Å²) < 4.78 is 5.48. The molecule has 5 rings (SSSR count). The number of hydrogen-bond donors (Lipinski definition) is 2. The van der Waals surface area contributed by atoms with Gasteiger partial charge in [0, 0.05) is 35.6 Å². The molecule has 188 valence electrons. The van der Waals surface area contributed by atoms with Gasteiger partial charge in [0.2, 0.25) is 0 Å². The Morgan fingerprint density at radius 2 is 1.78 bits per heavy atom. The fourth-order valence-corrected chi connectivity index (χ4v) is 4.44. The van der Waals surface area contributed by atoms with Crippen molar-refractivity contribution in [1.82, 2.24) is 9.97 Å². The van der Waals surface area contributed by atoms with Crippen LogP contribution in [-0.2, 0) is 4.74 Å². The van der Waals surface area contributed by atoms with E-state index in [0.717, 1.165) is 54.4 Å². The molecule has 0 spiro atoms. The van der Waals surface area contributed by atoms with Gasteiger partial charge in [0.25, 0.3) is 5.91 Å². The topological polar surface area (TPSA) is 79.4 Å². The van der Waals surface area contributed by atoms with Crippen LogP contribution < -0.4 is 15.5 Å². The van der Waals surface area contributed by atoms with Crippen LogP contribution in [0.1, 0.15) is 34.5 Å². The van der Waals surface area contributed by atoms with E-state index < -0.39 is 0 Å². The number of carbonyl (C=O) groups is 1. The van der Waals surface area contributed by atoms with Crippen molar-refractivity contribution in [2.75, 3.05) is 41.8 Å². The Hall–Kier alpha value is -4.23. The lowest BCUT2D eigenvalue weighted by Gasteiger charge is -2.29. The van der Waals surface area contributed by atoms with Crippen molar-refractivity contribution in [3.8, 4) is 11.3 Å². The van der Waals surface area contributed by atoms with Gasteiger partial charge in [-0.1, -0.05) is 42.0 Å². The second-order valence-corrected chi connectivity index (χ2v) is 9.25. The highest BCUT2D eigenvalue weighted by Crippen LogP contribution is 2.26. The van der Waals surface area contributed by atoms with E-state index in [2.05, 4.69) is 51.7 Å². The minimum atomic E-state index is -0.126. The molecule has 0 saturated carbocycles. The second-order valence-electron chi connectivity index (χ2n) is 9.25. The van der Waals surface area contributed by atoms with E-state index in [4.69, 9.17) is 9.72 Å². The van der Waals surface area contributed by atoms with Crippen molar-refractivity contribution in [1.29, 1.82) is 0 Å². The number of nitrogens with zero attached hydrogens (tertiary/aromatic N) is 3. The van der Waals surface area contributed by atoms with Gasteiger partial charge < -0.3 is 20.3 Å². The van der Waals surface area contributed by atoms with Gasteiger partial charge in [-0.25, -0.2) is 4.98 Å². The molecule has 1 aliphatic rings. The lowest BCUT2D eigenvalue weighted by atomic mass is 10.1. The van der Waals surface area contributed by atoms with Crippen molar-refractivity contribution >= 4 is 23.1 Å². The molecular formula is C30H31N5O2. The molecule has 2 N–H and O–H groups in total. The largest absolute Gasteiger partial charge is 0.378 e. The van der Waals surface area contributed by atoms with Crippen molar-refractivity contribution < 1.29 is 9.53 Å². The van der Waals surface area contributed by atoms with Crippen LogP contribution in [0, 0.1) is 6.92 Å². The van der Waals surface area contributed by atoms with Gasteiger partial charge in [0.15, 0.2) is 0 Å². The minimum Gasteiger partial charge on any atom is -0.378 e. The van der Waals surface area contributed by atoms with E-state index in [1.165, 1.54) is 5.69 Å². The molecule has 1 fully saturated rings. The van der Waals surface area contributed by atoms with Gasteiger partial charge in [0.1, 0.15) is 5.82 Å². The normalized spacial score (nSPS) is 14.2. The molecule has 3 aromatic carbocycles. The Kier molecular flexibility index (Phi) is 7.42. The van der Waals surface area contributed by atoms with Crippen LogP contribution in [-0.4, -0.2) is 42.2 Å². The third kappa shape index (κ3) is 6.13. The first-order valence-electron chi connectivity index (χ1n) is 12.5. The Bertz CT molecular complexity index is 1380. The maximum Gasteiger partial charge on any atom is 0.255 e. The minimum absolute atomic E-state index is 0.0416. The molecule has 0 bridgehead atoms. The maximum atomic E-state index is 12.7. The van der Waals surface area contributed by atoms with Crippen molar-refractivity contribution in [2.24, 2.45) is 0 Å². The predicted octanol–water partition coefficient (Wildman–Crippen LogP) is 5.71. The number of anilines is 3. The fourth-order valence-electron chi connectivity index (χ4n) is 4.44. The summed E-state index contributed by atoms with van der Waals surface area (Å²) in [6.07, 6.45) is 3.52. The van der Waals surface area contributed by atoms with Crippen molar-refractivity contribution in [3.63, 3.8) is 0 Å². The van der Waals surface area contributed by atoms with E-state index in [-0.39, 0.29) is 11.9 Å². The van der Waals surface area contributed by atoms with Crippen molar-refractivity contribution in [3.05, 3.63) is 102 Å². The molecule has 1 aromatic heterocycles. The summed E-state index contributed by atoms with van der Waals surface area (Å²) in [6.45, 7) is 7.31. The summed E-state index contributed by atoms with van der Waals surface area (Å²) in [4.78, 5) is 24.3. The second kappa shape index (κ2) is 11.2. The van der Waals surface area contributed by atoms with Gasteiger partial charge in [-0.3, -0.25) is 9.78 Å². The number of rotatable bonds is 7. The maximum absolute atomic E-state index is 12.7. The van der Waals surface area contributed by atoms with Crippen LogP contribution in [0.5, 0.6) is 0 Å². The van der Waals surface area contributed by atoms with Crippen LogP contribution >= 0.6 is 0 Å². The monoisotopic (exact) mass is 493 g/mol. The van der Waals surface area contributed by atoms with Gasteiger partial charge in [-0.2, -0.15) is 0 Å². The Labute approximate surface area is 217 Å². The summed E-state index contributed by atoms with van der Waals surface area (Å²) in [7, 11) is 0. The molecule has 1 atom stereocenters. The Morgan fingerprint density at radius 1 is 0.973 bits per heavy atom. The SMILES string of the molecule is Cc1cccc(C(=O)Nc2cccc([C@H](C)Nc3cncc(-c4cccc(N5CCOCC5)c4)n3)c2)c1. The lowest BCUT2D eigenvalue weighted by molar-refractivity contribution is 0.102. The van der Waals surface area contributed by atoms with E-state index in [9.17, 15) is 4.79 Å². The van der Waals surface area contributed by atoms with E-state index >= 15 is 0 Å². The molecule has 2 heterocycles. The Morgan fingerprint density at radius 3 is 2.62 bits per heavy atom. The number of carbonyl (C=O) groups excluding carboxylic acids is 1. The molecule has 4 aromatic rings. The summed E-state index contributed by atoms with van der Waals surface area (Å²) in [5.41, 5.74) is 6.47. The highest BCUT2D eigenvalue weighted by atomic mass is 16.5. The molecule has 0 aliphatic carbocycles. The van der Waals surface area contributed by atoms with Crippen LogP contribution in [0.25, 0.3) is 11.3 Å². The van der Waals surface area contributed by atoms with Crippen LogP contribution in [0.15, 0.2) is 85.2 Å². The third-order valence-electron chi connectivity index (χ3n) is 6.44. The number of ether oxygens (including phenoxy) is 1. The average Bonchev–Trinajstić information content (AvgIpc) is 2.94. The molecule has 1 amide bonds. The smallest absolute Gasteiger partial charge is 0.255 e. The standard InChI is InChI=1S/C30H31N5O2/c1-21-6-3-9-25(16-21)30(36)33-26-10-4-7-23(17-26)22(2)32-29-20-31-19-28(34-29)24-8-5-11-27(18-24)35-12-14-37-15-13-35/h3-11,16-20,22H,12-15H2,1-2H3,(H,32,34)(H,33,36)/t22-/m0/s1. The first-order chi connectivity index (χ1) is 18.0.